The molecule has 1 unspecified atom stereocenters. The Balaban J connectivity index is 3.64. The Hall–Kier alpha value is -1.08. The van der Waals surface area contributed by atoms with Crippen molar-refractivity contribution in [3.8, 4) is 6.07 Å². The van der Waals surface area contributed by atoms with Crippen molar-refractivity contribution in [3.05, 3.63) is 0 Å². The Labute approximate surface area is 72.5 Å². The number of hydrogen-bond donors (Lipinski definition) is 1. The van der Waals surface area contributed by atoms with Crippen molar-refractivity contribution in [1.29, 1.82) is 5.26 Å². The molecule has 0 rings (SSSR count). The summed E-state index contributed by atoms with van der Waals surface area (Å²) in [5.74, 6) is -1.03. The minimum absolute atomic E-state index is 0.327. The number of esters is 1. The smallest absolute Gasteiger partial charge is 0.323 e. The first kappa shape index (κ1) is 10.9. The molecule has 0 amide bonds. The largest absolute Gasteiger partial charge is 0.463 e. The number of hydrogen-bond acceptors (Lipinski definition) is 4. The van der Waals surface area contributed by atoms with Gasteiger partial charge in [-0.15, -0.1) is 0 Å². The summed E-state index contributed by atoms with van der Waals surface area (Å²) in [7, 11) is 1.77. The molecule has 0 spiro atoms. The highest BCUT2D eigenvalue weighted by atomic mass is 16.5. The number of likely N-dealkylation sites (N-methyl/N-ethyl adjacent to an activating group) is 1. The standard InChI is InChI=1S/C8H14N2O2/c1-3-7(6-9)8(11)12-5-4-10-2/h7,10H,3-5H2,1-2H3. The fourth-order valence-electron chi connectivity index (χ4n) is 0.665. The maximum Gasteiger partial charge on any atom is 0.323 e. The number of rotatable bonds is 5. The molecule has 0 aromatic carbocycles. The van der Waals surface area contributed by atoms with Gasteiger partial charge in [0.2, 0.25) is 0 Å². The van der Waals surface area contributed by atoms with Gasteiger partial charge in [0.1, 0.15) is 12.5 Å². The van der Waals surface area contributed by atoms with Gasteiger partial charge in [-0.25, -0.2) is 0 Å². The predicted octanol–water partition coefficient (Wildman–Crippen LogP) is 0.299. The van der Waals surface area contributed by atoms with Gasteiger partial charge < -0.3 is 10.1 Å². The van der Waals surface area contributed by atoms with Crippen molar-refractivity contribution in [2.75, 3.05) is 20.2 Å². The number of ether oxygens (including phenoxy) is 1. The molecule has 0 aliphatic carbocycles. The van der Waals surface area contributed by atoms with Crippen LogP contribution in [0.25, 0.3) is 0 Å². The van der Waals surface area contributed by atoms with E-state index in [2.05, 4.69) is 5.32 Å². The van der Waals surface area contributed by atoms with E-state index in [0.29, 0.717) is 19.6 Å². The van der Waals surface area contributed by atoms with Gasteiger partial charge in [-0.3, -0.25) is 4.79 Å². The monoisotopic (exact) mass is 170 g/mol. The number of nitrogens with one attached hydrogen (secondary N) is 1. The molecule has 0 aliphatic rings. The number of carbonyl (C=O) groups excluding carboxylic acids is 1. The molecule has 0 fully saturated rings. The second kappa shape index (κ2) is 6.62. The second-order valence-corrected chi connectivity index (χ2v) is 2.36. The van der Waals surface area contributed by atoms with Gasteiger partial charge in [0.05, 0.1) is 6.07 Å². The van der Waals surface area contributed by atoms with E-state index in [9.17, 15) is 4.79 Å². The SMILES string of the molecule is CCC(C#N)C(=O)OCCNC. The Kier molecular flexibility index (Phi) is 6.02. The maximum absolute atomic E-state index is 11.0. The molecule has 1 N–H and O–H groups in total. The third-order valence-corrected chi connectivity index (χ3v) is 1.44. The number of nitriles is 1. The van der Waals surface area contributed by atoms with Crippen LogP contribution in [0.15, 0.2) is 0 Å². The summed E-state index contributed by atoms with van der Waals surface area (Å²) in [6.07, 6.45) is 0.509. The summed E-state index contributed by atoms with van der Waals surface area (Å²) >= 11 is 0. The fourth-order valence-corrected chi connectivity index (χ4v) is 0.665. The van der Waals surface area contributed by atoms with Crippen LogP contribution in [-0.2, 0) is 9.53 Å². The molecule has 68 valence electrons. The molecule has 0 saturated heterocycles. The topological polar surface area (TPSA) is 62.1 Å². The van der Waals surface area contributed by atoms with Crippen LogP contribution in [0.4, 0.5) is 0 Å². The van der Waals surface area contributed by atoms with E-state index in [1.807, 2.05) is 6.07 Å². The zero-order valence-electron chi connectivity index (χ0n) is 7.46. The molecule has 0 radical (unpaired) electrons. The van der Waals surface area contributed by atoms with Gasteiger partial charge in [-0.2, -0.15) is 5.26 Å². The summed E-state index contributed by atoms with van der Waals surface area (Å²) in [6.45, 7) is 2.73. The van der Waals surface area contributed by atoms with Gasteiger partial charge in [-0.1, -0.05) is 6.92 Å². The highest BCUT2D eigenvalue weighted by Gasteiger charge is 2.16. The van der Waals surface area contributed by atoms with E-state index in [1.54, 1.807) is 14.0 Å². The van der Waals surface area contributed by atoms with Crippen LogP contribution in [0.3, 0.4) is 0 Å². The van der Waals surface area contributed by atoms with Crippen LogP contribution in [0.1, 0.15) is 13.3 Å². The van der Waals surface area contributed by atoms with Crippen LogP contribution >= 0.6 is 0 Å². The molecular formula is C8H14N2O2. The second-order valence-electron chi connectivity index (χ2n) is 2.36. The van der Waals surface area contributed by atoms with Crippen molar-refractivity contribution < 1.29 is 9.53 Å². The van der Waals surface area contributed by atoms with Gasteiger partial charge in [-0.05, 0) is 13.5 Å². The molecule has 0 aromatic rings. The van der Waals surface area contributed by atoms with E-state index in [4.69, 9.17) is 10.00 Å². The average Bonchev–Trinajstić information content (AvgIpc) is 2.07. The van der Waals surface area contributed by atoms with Gasteiger partial charge >= 0.3 is 5.97 Å². The minimum atomic E-state index is -0.609. The number of carbonyl (C=O) groups is 1. The normalized spacial score (nSPS) is 11.8. The molecule has 4 nitrogen and oxygen atoms in total. The van der Waals surface area contributed by atoms with Crippen molar-refractivity contribution >= 4 is 5.97 Å². The molecule has 0 heterocycles. The third kappa shape index (κ3) is 3.94. The molecular weight excluding hydrogens is 156 g/mol. The van der Waals surface area contributed by atoms with Crippen LogP contribution in [0, 0.1) is 17.2 Å². The lowest BCUT2D eigenvalue weighted by atomic mass is 10.1. The zero-order chi connectivity index (χ0) is 9.40. The van der Waals surface area contributed by atoms with Crippen molar-refractivity contribution in [2.24, 2.45) is 5.92 Å². The Bertz CT molecular complexity index is 174. The summed E-state index contributed by atoms with van der Waals surface area (Å²) in [4.78, 5) is 11.0. The predicted molar refractivity (Wildman–Crippen MR) is 44.3 cm³/mol. The molecule has 4 heteroatoms. The van der Waals surface area contributed by atoms with Gasteiger partial charge in [0.15, 0.2) is 0 Å². The first-order chi connectivity index (χ1) is 5.76. The van der Waals surface area contributed by atoms with Crippen LogP contribution < -0.4 is 5.32 Å². The zero-order valence-corrected chi connectivity index (χ0v) is 7.46. The van der Waals surface area contributed by atoms with E-state index in [-0.39, 0.29) is 0 Å². The fraction of sp³-hybridized carbons (Fsp3) is 0.750. The van der Waals surface area contributed by atoms with E-state index < -0.39 is 11.9 Å². The Morgan fingerprint density at radius 1 is 1.75 bits per heavy atom. The lowest BCUT2D eigenvalue weighted by Gasteiger charge is -2.06. The summed E-state index contributed by atoms with van der Waals surface area (Å²) in [5, 5.41) is 11.3. The quantitative estimate of drug-likeness (QED) is 0.476. The first-order valence-corrected chi connectivity index (χ1v) is 3.97. The lowest BCUT2D eigenvalue weighted by molar-refractivity contribution is -0.146. The van der Waals surface area contributed by atoms with Crippen LogP contribution in [-0.4, -0.2) is 26.2 Å². The average molecular weight is 170 g/mol. The third-order valence-electron chi connectivity index (χ3n) is 1.44. The molecule has 0 bridgehead atoms. The van der Waals surface area contributed by atoms with E-state index in [1.165, 1.54) is 0 Å². The van der Waals surface area contributed by atoms with Gasteiger partial charge in [0, 0.05) is 6.54 Å². The summed E-state index contributed by atoms with van der Waals surface area (Å²) in [5.41, 5.74) is 0. The Morgan fingerprint density at radius 2 is 2.42 bits per heavy atom. The first-order valence-electron chi connectivity index (χ1n) is 3.97. The maximum atomic E-state index is 11.0. The van der Waals surface area contributed by atoms with E-state index in [0.717, 1.165) is 0 Å². The van der Waals surface area contributed by atoms with Crippen molar-refractivity contribution in [1.82, 2.24) is 5.32 Å². The summed E-state index contributed by atoms with van der Waals surface area (Å²) in [6, 6.07) is 1.88. The number of nitrogens with zero attached hydrogens (tertiary/aromatic N) is 1. The molecule has 12 heavy (non-hydrogen) atoms. The van der Waals surface area contributed by atoms with Gasteiger partial charge in [0.25, 0.3) is 0 Å². The summed E-state index contributed by atoms with van der Waals surface area (Å²) < 4.78 is 4.80. The highest BCUT2D eigenvalue weighted by Crippen LogP contribution is 2.02. The molecule has 1 atom stereocenters. The molecule has 0 saturated carbocycles. The van der Waals surface area contributed by atoms with Crippen LogP contribution in [0.5, 0.6) is 0 Å². The minimum Gasteiger partial charge on any atom is -0.463 e. The Morgan fingerprint density at radius 3 is 2.83 bits per heavy atom. The van der Waals surface area contributed by atoms with Crippen molar-refractivity contribution in [2.45, 2.75) is 13.3 Å². The van der Waals surface area contributed by atoms with Crippen LogP contribution in [0.2, 0.25) is 0 Å². The molecule has 0 aromatic heterocycles. The highest BCUT2D eigenvalue weighted by molar-refractivity contribution is 5.75. The molecule has 0 aliphatic heterocycles. The van der Waals surface area contributed by atoms with Crippen molar-refractivity contribution in [3.63, 3.8) is 0 Å². The van der Waals surface area contributed by atoms with E-state index >= 15 is 0 Å². The lowest BCUT2D eigenvalue weighted by Crippen LogP contribution is -2.21.